The fourth-order valence-electron chi connectivity index (χ4n) is 2.56. The van der Waals surface area contributed by atoms with Crippen molar-refractivity contribution in [3.63, 3.8) is 0 Å². The van der Waals surface area contributed by atoms with Gasteiger partial charge in [-0.1, -0.05) is 26.7 Å². The van der Waals surface area contributed by atoms with Crippen LogP contribution in [-0.2, 0) is 4.74 Å². The minimum Gasteiger partial charge on any atom is -0.383 e. The lowest BCUT2D eigenvalue weighted by Crippen LogP contribution is -2.39. The second kappa shape index (κ2) is 7.24. The van der Waals surface area contributed by atoms with E-state index < -0.39 is 0 Å². The molecule has 2 nitrogen and oxygen atoms in total. The normalized spacial score (nSPS) is 28.2. The molecule has 0 aromatic rings. The van der Waals surface area contributed by atoms with E-state index in [9.17, 15) is 0 Å². The predicted molar refractivity (Wildman–Crippen MR) is 65.1 cm³/mol. The summed E-state index contributed by atoms with van der Waals surface area (Å²) in [5.74, 6) is 0.914. The van der Waals surface area contributed by atoms with Crippen LogP contribution in [0.3, 0.4) is 0 Å². The molecular formula is C13H27NO. The van der Waals surface area contributed by atoms with Crippen molar-refractivity contribution in [3.8, 4) is 0 Å². The Hall–Kier alpha value is -0.0800. The molecule has 0 aromatic heterocycles. The molecule has 2 heteroatoms. The van der Waals surface area contributed by atoms with E-state index in [1.807, 2.05) is 0 Å². The standard InChI is InChI=1S/C13H27NO/c1-4-5-6-13(10-15-3)14-12-8-7-11(2)9-12/h11-14H,4-10H2,1-3H3. The van der Waals surface area contributed by atoms with Gasteiger partial charge in [0.05, 0.1) is 6.61 Å². The summed E-state index contributed by atoms with van der Waals surface area (Å²) in [6, 6.07) is 1.32. The molecule has 0 bridgehead atoms. The molecule has 0 aliphatic heterocycles. The van der Waals surface area contributed by atoms with Gasteiger partial charge in [0.2, 0.25) is 0 Å². The van der Waals surface area contributed by atoms with Crippen LogP contribution >= 0.6 is 0 Å². The van der Waals surface area contributed by atoms with E-state index in [0.717, 1.165) is 18.6 Å². The zero-order chi connectivity index (χ0) is 11.1. The highest BCUT2D eigenvalue weighted by molar-refractivity contribution is 4.81. The van der Waals surface area contributed by atoms with Gasteiger partial charge in [-0.15, -0.1) is 0 Å². The molecule has 0 aromatic carbocycles. The first-order valence-corrected chi connectivity index (χ1v) is 6.51. The van der Waals surface area contributed by atoms with Gasteiger partial charge in [-0.05, 0) is 31.6 Å². The maximum atomic E-state index is 5.28. The Balaban J connectivity index is 2.23. The Kier molecular flexibility index (Phi) is 6.26. The quantitative estimate of drug-likeness (QED) is 0.702. The molecule has 3 atom stereocenters. The van der Waals surface area contributed by atoms with Crippen molar-refractivity contribution in [2.75, 3.05) is 13.7 Å². The van der Waals surface area contributed by atoms with E-state index in [0.29, 0.717) is 6.04 Å². The van der Waals surface area contributed by atoms with Crippen LogP contribution in [0.1, 0.15) is 52.4 Å². The van der Waals surface area contributed by atoms with E-state index in [1.54, 1.807) is 7.11 Å². The smallest absolute Gasteiger partial charge is 0.0615 e. The molecule has 1 aliphatic rings. The summed E-state index contributed by atoms with van der Waals surface area (Å²) >= 11 is 0. The van der Waals surface area contributed by atoms with Gasteiger partial charge in [0.25, 0.3) is 0 Å². The first-order valence-electron chi connectivity index (χ1n) is 6.51. The van der Waals surface area contributed by atoms with Crippen LogP contribution in [0.2, 0.25) is 0 Å². The minimum atomic E-state index is 0.574. The van der Waals surface area contributed by atoms with E-state index in [2.05, 4.69) is 19.2 Å². The molecule has 0 heterocycles. The van der Waals surface area contributed by atoms with Gasteiger partial charge < -0.3 is 10.1 Å². The maximum absolute atomic E-state index is 5.28. The lowest BCUT2D eigenvalue weighted by molar-refractivity contribution is 0.155. The Morgan fingerprint density at radius 3 is 2.73 bits per heavy atom. The number of rotatable bonds is 7. The Morgan fingerprint density at radius 2 is 2.20 bits per heavy atom. The van der Waals surface area contributed by atoms with Crippen molar-refractivity contribution < 1.29 is 4.74 Å². The van der Waals surface area contributed by atoms with Crippen molar-refractivity contribution in [2.45, 2.75) is 64.5 Å². The van der Waals surface area contributed by atoms with Crippen LogP contribution in [0.4, 0.5) is 0 Å². The largest absolute Gasteiger partial charge is 0.383 e. The minimum absolute atomic E-state index is 0.574. The van der Waals surface area contributed by atoms with Gasteiger partial charge in [0, 0.05) is 19.2 Å². The highest BCUT2D eigenvalue weighted by Crippen LogP contribution is 2.25. The third kappa shape index (κ3) is 4.98. The third-order valence-electron chi connectivity index (χ3n) is 3.44. The van der Waals surface area contributed by atoms with Crippen LogP contribution in [0.5, 0.6) is 0 Å². The average molecular weight is 213 g/mol. The fourth-order valence-corrected chi connectivity index (χ4v) is 2.56. The average Bonchev–Trinajstić information content (AvgIpc) is 2.61. The first-order chi connectivity index (χ1) is 7.26. The summed E-state index contributed by atoms with van der Waals surface area (Å²) in [5.41, 5.74) is 0. The molecule has 1 saturated carbocycles. The molecule has 0 amide bonds. The number of methoxy groups -OCH3 is 1. The van der Waals surface area contributed by atoms with Crippen molar-refractivity contribution in [2.24, 2.45) is 5.92 Å². The molecule has 1 aliphatic carbocycles. The summed E-state index contributed by atoms with van der Waals surface area (Å²) in [6.07, 6.45) is 7.95. The van der Waals surface area contributed by atoms with Crippen molar-refractivity contribution in [1.82, 2.24) is 5.32 Å². The van der Waals surface area contributed by atoms with Crippen LogP contribution < -0.4 is 5.32 Å². The van der Waals surface area contributed by atoms with Gasteiger partial charge in [-0.2, -0.15) is 0 Å². The second-order valence-electron chi connectivity index (χ2n) is 5.08. The number of hydrogen-bond acceptors (Lipinski definition) is 2. The lowest BCUT2D eigenvalue weighted by atomic mass is 10.1. The topological polar surface area (TPSA) is 21.3 Å². The Bertz CT molecular complexity index is 161. The molecule has 90 valence electrons. The zero-order valence-electron chi connectivity index (χ0n) is 10.6. The maximum Gasteiger partial charge on any atom is 0.0615 e. The highest BCUT2D eigenvalue weighted by Gasteiger charge is 2.23. The molecule has 0 saturated heterocycles. The van der Waals surface area contributed by atoms with Gasteiger partial charge in [0.1, 0.15) is 0 Å². The molecule has 3 unspecified atom stereocenters. The fraction of sp³-hybridized carbons (Fsp3) is 1.00. The number of nitrogens with one attached hydrogen (secondary N) is 1. The number of unbranched alkanes of at least 4 members (excludes halogenated alkanes) is 1. The number of ether oxygens (including phenoxy) is 1. The van der Waals surface area contributed by atoms with Crippen LogP contribution in [0.15, 0.2) is 0 Å². The summed E-state index contributed by atoms with van der Waals surface area (Å²) in [7, 11) is 1.80. The highest BCUT2D eigenvalue weighted by atomic mass is 16.5. The summed E-state index contributed by atoms with van der Waals surface area (Å²) < 4.78 is 5.28. The Morgan fingerprint density at radius 1 is 1.40 bits per heavy atom. The zero-order valence-corrected chi connectivity index (χ0v) is 10.6. The SMILES string of the molecule is CCCCC(COC)NC1CCC(C)C1. The van der Waals surface area contributed by atoms with Crippen molar-refractivity contribution in [3.05, 3.63) is 0 Å². The molecule has 1 N–H and O–H groups in total. The third-order valence-corrected chi connectivity index (χ3v) is 3.44. The monoisotopic (exact) mass is 213 g/mol. The molecular weight excluding hydrogens is 186 g/mol. The van der Waals surface area contributed by atoms with Gasteiger partial charge in [-0.25, -0.2) is 0 Å². The van der Waals surface area contributed by atoms with Crippen LogP contribution in [0.25, 0.3) is 0 Å². The van der Waals surface area contributed by atoms with E-state index in [4.69, 9.17) is 4.74 Å². The molecule has 0 spiro atoms. The molecule has 15 heavy (non-hydrogen) atoms. The van der Waals surface area contributed by atoms with Crippen molar-refractivity contribution >= 4 is 0 Å². The first kappa shape index (κ1) is 13.0. The number of hydrogen-bond donors (Lipinski definition) is 1. The Labute approximate surface area is 94.8 Å². The van der Waals surface area contributed by atoms with E-state index >= 15 is 0 Å². The summed E-state index contributed by atoms with van der Waals surface area (Å²) in [5, 5.41) is 3.76. The van der Waals surface area contributed by atoms with Gasteiger partial charge >= 0.3 is 0 Å². The van der Waals surface area contributed by atoms with Crippen LogP contribution in [0, 0.1) is 5.92 Å². The van der Waals surface area contributed by atoms with Crippen molar-refractivity contribution in [1.29, 1.82) is 0 Å². The van der Waals surface area contributed by atoms with Gasteiger partial charge in [0.15, 0.2) is 0 Å². The van der Waals surface area contributed by atoms with E-state index in [-0.39, 0.29) is 0 Å². The molecule has 0 radical (unpaired) electrons. The molecule has 1 fully saturated rings. The summed E-state index contributed by atoms with van der Waals surface area (Å²) in [4.78, 5) is 0. The predicted octanol–water partition coefficient (Wildman–Crippen LogP) is 2.97. The lowest BCUT2D eigenvalue weighted by Gasteiger charge is -2.22. The molecule has 1 rings (SSSR count). The summed E-state index contributed by atoms with van der Waals surface area (Å²) in [6.45, 7) is 5.48. The van der Waals surface area contributed by atoms with E-state index in [1.165, 1.54) is 38.5 Å². The van der Waals surface area contributed by atoms with Gasteiger partial charge in [-0.3, -0.25) is 0 Å². The van der Waals surface area contributed by atoms with Crippen LogP contribution in [-0.4, -0.2) is 25.8 Å². The second-order valence-corrected chi connectivity index (χ2v) is 5.08.